The summed E-state index contributed by atoms with van der Waals surface area (Å²) in [6.45, 7) is 3.92. The van der Waals surface area contributed by atoms with Gasteiger partial charge in [0.05, 0.1) is 24.3 Å². The number of carbonyl (C=O) groups excluding carboxylic acids is 2. The average molecular weight is 394 g/mol. The van der Waals surface area contributed by atoms with Crippen LogP contribution in [0.2, 0.25) is 0 Å². The van der Waals surface area contributed by atoms with Crippen LogP contribution in [0.5, 0.6) is 0 Å². The molecule has 1 aromatic carbocycles. The van der Waals surface area contributed by atoms with E-state index in [1.165, 1.54) is 11.8 Å². The van der Waals surface area contributed by atoms with Gasteiger partial charge in [0.1, 0.15) is 0 Å². The van der Waals surface area contributed by atoms with Crippen molar-refractivity contribution in [3.63, 3.8) is 0 Å². The number of aliphatic hydroxyl groups excluding tert-OH is 1. The number of rotatable bonds is 4. The molecular formula is C22H26N4O3. The molecule has 0 spiro atoms. The highest BCUT2D eigenvalue weighted by Gasteiger charge is 2.32. The van der Waals surface area contributed by atoms with Gasteiger partial charge in [-0.2, -0.15) is 0 Å². The molecule has 2 aliphatic heterocycles. The van der Waals surface area contributed by atoms with Gasteiger partial charge in [-0.25, -0.2) is 0 Å². The number of hydrogen-bond acceptors (Lipinski definition) is 5. The van der Waals surface area contributed by atoms with E-state index in [0.29, 0.717) is 31.6 Å². The molecule has 4 rings (SSSR count). The molecule has 2 aliphatic rings. The van der Waals surface area contributed by atoms with Crippen LogP contribution >= 0.6 is 0 Å². The molecule has 3 heterocycles. The van der Waals surface area contributed by atoms with Crippen LogP contribution in [-0.4, -0.2) is 65.1 Å². The van der Waals surface area contributed by atoms with E-state index in [0.717, 1.165) is 17.7 Å². The summed E-state index contributed by atoms with van der Waals surface area (Å²) in [7, 11) is 0. The first-order valence-corrected chi connectivity index (χ1v) is 10.0. The second-order valence-electron chi connectivity index (χ2n) is 7.85. The topological polar surface area (TPSA) is 85.8 Å². The van der Waals surface area contributed by atoms with Crippen LogP contribution in [0.25, 0.3) is 0 Å². The molecule has 2 atom stereocenters. The summed E-state index contributed by atoms with van der Waals surface area (Å²) >= 11 is 0. The van der Waals surface area contributed by atoms with Gasteiger partial charge in [0.2, 0.25) is 5.91 Å². The van der Waals surface area contributed by atoms with Crippen LogP contribution in [0, 0.1) is 6.92 Å². The maximum Gasteiger partial charge on any atom is 0.253 e. The number of likely N-dealkylation sites (tertiary alicyclic amines) is 1. The number of amides is 2. The summed E-state index contributed by atoms with van der Waals surface area (Å²) in [4.78, 5) is 33.3. The maximum absolute atomic E-state index is 12.9. The number of nitrogens with zero attached hydrogens (tertiary/aromatic N) is 3. The van der Waals surface area contributed by atoms with Crippen LogP contribution in [-0.2, 0) is 11.2 Å². The van der Waals surface area contributed by atoms with E-state index in [1.807, 2.05) is 34.9 Å². The van der Waals surface area contributed by atoms with Crippen molar-refractivity contribution in [3.8, 4) is 0 Å². The van der Waals surface area contributed by atoms with Gasteiger partial charge in [-0.05, 0) is 43.0 Å². The van der Waals surface area contributed by atoms with Crippen molar-refractivity contribution >= 4 is 17.5 Å². The van der Waals surface area contributed by atoms with E-state index in [9.17, 15) is 14.7 Å². The largest absolute Gasteiger partial charge is 0.391 e. The highest BCUT2D eigenvalue weighted by atomic mass is 16.3. The van der Waals surface area contributed by atoms with Gasteiger partial charge in [0.15, 0.2) is 0 Å². The van der Waals surface area contributed by atoms with Gasteiger partial charge in [-0.3, -0.25) is 19.5 Å². The average Bonchev–Trinajstić information content (AvgIpc) is 3.15. The third-order valence-electron chi connectivity index (χ3n) is 5.66. The van der Waals surface area contributed by atoms with Crippen molar-refractivity contribution in [1.29, 1.82) is 0 Å². The molecule has 2 N–H and O–H groups in total. The Morgan fingerprint density at radius 2 is 2.07 bits per heavy atom. The second kappa shape index (κ2) is 8.31. The second-order valence-corrected chi connectivity index (χ2v) is 7.85. The molecule has 0 saturated carbocycles. The van der Waals surface area contributed by atoms with Crippen LogP contribution < -0.4 is 10.2 Å². The standard InChI is InChI=1S/C22H26N4O3/c1-15-10-17(12-23-11-15)22(29)24-18-13-25(8-7-20(18)27)14-21(28)26-9-6-16-4-2-3-5-19(16)26/h2-5,10-12,18,20,27H,6-9,13-14H2,1H3,(H,24,29)/t18-,20-/m1/s1. The van der Waals surface area contributed by atoms with Crippen molar-refractivity contribution in [2.75, 3.05) is 31.1 Å². The lowest BCUT2D eigenvalue weighted by Crippen LogP contribution is -2.56. The lowest BCUT2D eigenvalue weighted by atomic mass is 10.0. The zero-order chi connectivity index (χ0) is 20.4. The fourth-order valence-corrected chi connectivity index (χ4v) is 4.10. The Morgan fingerprint density at radius 1 is 1.24 bits per heavy atom. The summed E-state index contributed by atoms with van der Waals surface area (Å²) < 4.78 is 0. The van der Waals surface area contributed by atoms with Crippen molar-refractivity contribution in [1.82, 2.24) is 15.2 Å². The molecular weight excluding hydrogens is 368 g/mol. The van der Waals surface area contributed by atoms with Crippen LogP contribution in [0.3, 0.4) is 0 Å². The predicted molar refractivity (Wildman–Crippen MR) is 110 cm³/mol. The molecule has 1 saturated heterocycles. The predicted octanol–water partition coefficient (Wildman–Crippen LogP) is 1.14. The summed E-state index contributed by atoms with van der Waals surface area (Å²) in [5.74, 6) is -0.203. The van der Waals surface area contributed by atoms with E-state index in [-0.39, 0.29) is 18.4 Å². The summed E-state index contributed by atoms with van der Waals surface area (Å²) in [6, 6.07) is 9.34. The van der Waals surface area contributed by atoms with Gasteiger partial charge in [0.25, 0.3) is 5.91 Å². The zero-order valence-electron chi connectivity index (χ0n) is 16.5. The van der Waals surface area contributed by atoms with E-state index in [2.05, 4.69) is 16.4 Å². The molecule has 2 amide bonds. The summed E-state index contributed by atoms with van der Waals surface area (Å²) in [5.41, 5.74) is 3.57. The summed E-state index contributed by atoms with van der Waals surface area (Å²) in [5, 5.41) is 13.3. The molecule has 0 aliphatic carbocycles. The van der Waals surface area contributed by atoms with Crippen molar-refractivity contribution in [2.24, 2.45) is 0 Å². The lowest BCUT2D eigenvalue weighted by Gasteiger charge is -2.36. The van der Waals surface area contributed by atoms with Gasteiger partial charge in [-0.1, -0.05) is 18.2 Å². The minimum atomic E-state index is -0.629. The monoisotopic (exact) mass is 394 g/mol. The number of aromatic nitrogens is 1. The minimum absolute atomic E-state index is 0.0549. The molecule has 7 heteroatoms. The first-order chi connectivity index (χ1) is 14.0. The normalized spacial score (nSPS) is 21.7. The number of para-hydroxylation sites is 1. The van der Waals surface area contributed by atoms with Gasteiger partial charge in [-0.15, -0.1) is 0 Å². The van der Waals surface area contributed by atoms with E-state index < -0.39 is 12.1 Å². The molecule has 29 heavy (non-hydrogen) atoms. The SMILES string of the molecule is Cc1cncc(C(=O)N[C@@H]2CN(CC(=O)N3CCc4ccccc43)CC[C@H]2O)c1. The van der Waals surface area contributed by atoms with E-state index in [4.69, 9.17) is 0 Å². The number of benzene rings is 1. The Bertz CT molecular complexity index is 916. The van der Waals surface area contributed by atoms with Crippen LogP contribution in [0.15, 0.2) is 42.7 Å². The number of fused-ring (bicyclic) bond motifs is 1. The number of aryl methyl sites for hydroxylation is 1. The zero-order valence-corrected chi connectivity index (χ0v) is 16.5. The van der Waals surface area contributed by atoms with Gasteiger partial charge >= 0.3 is 0 Å². The Hall–Kier alpha value is -2.77. The summed E-state index contributed by atoms with van der Waals surface area (Å²) in [6.07, 6.45) is 3.97. The van der Waals surface area contributed by atoms with Gasteiger partial charge in [0, 0.05) is 37.7 Å². The molecule has 2 aromatic rings. The molecule has 0 bridgehead atoms. The van der Waals surface area contributed by atoms with Crippen molar-refractivity contribution < 1.29 is 14.7 Å². The van der Waals surface area contributed by atoms with E-state index >= 15 is 0 Å². The smallest absolute Gasteiger partial charge is 0.253 e. The number of hydrogen-bond donors (Lipinski definition) is 2. The van der Waals surface area contributed by atoms with Crippen LogP contribution in [0.4, 0.5) is 5.69 Å². The lowest BCUT2D eigenvalue weighted by molar-refractivity contribution is -0.120. The Morgan fingerprint density at radius 3 is 2.90 bits per heavy atom. The number of aliphatic hydroxyl groups is 1. The minimum Gasteiger partial charge on any atom is -0.391 e. The Kier molecular flexibility index (Phi) is 5.60. The van der Waals surface area contributed by atoms with Gasteiger partial charge < -0.3 is 15.3 Å². The number of carbonyl (C=O) groups is 2. The molecule has 152 valence electrons. The molecule has 0 radical (unpaired) electrons. The van der Waals surface area contributed by atoms with Crippen molar-refractivity contribution in [3.05, 3.63) is 59.4 Å². The van der Waals surface area contributed by atoms with E-state index in [1.54, 1.807) is 12.3 Å². The molecule has 1 aromatic heterocycles. The number of anilines is 1. The van der Waals surface area contributed by atoms with Crippen molar-refractivity contribution in [2.45, 2.75) is 31.9 Å². The Labute approximate surface area is 170 Å². The molecule has 1 fully saturated rings. The third kappa shape index (κ3) is 4.31. The molecule has 0 unspecified atom stereocenters. The molecule has 7 nitrogen and oxygen atoms in total. The number of nitrogens with one attached hydrogen (secondary N) is 1. The van der Waals surface area contributed by atoms with Crippen LogP contribution in [0.1, 0.15) is 27.9 Å². The highest BCUT2D eigenvalue weighted by molar-refractivity contribution is 5.97. The number of pyridine rings is 1. The first kappa shape index (κ1) is 19.5. The fourth-order valence-electron chi connectivity index (χ4n) is 4.10. The highest BCUT2D eigenvalue weighted by Crippen LogP contribution is 2.27. The fraction of sp³-hybridized carbons (Fsp3) is 0.409. The quantitative estimate of drug-likeness (QED) is 0.812. The Balaban J connectivity index is 1.37. The third-order valence-corrected chi connectivity index (χ3v) is 5.66. The first-order valence-electron chi connectivity index (χ1n) is 10.0. The number of piperidine rings is 1. The maximum atomic E-state index is 12.9.